The Bertz CT molecular complexity index is 1970. The first-order chi connectivity index (χ1) is 32.2. The number of aliphatic hydroxyl groups excluding tert-OH is 2. The van der Waals surface area contributed by atoms with Crippen molar-refractivity contribution in [2.45, 2.75) is 141 Å². The number of amides is 2. The third-order valence-electron chi connectivity index (χ3n) is 13.8. The molecule has 0 spiro atoms. The van der Waals surface area contributed by atoms with Crippen LogP contribution in [-0.4, -0.2) is 168 Å². The van der Waals surface area contributed by atoms with Crippen LogP contribution in [0.25, 0.3) is 17.5 Å². The number of nitrogens with one attached hydrogen (secondary N) is 1. The van der Waals surface area contributed by atoms with Gasteiger partial charge in [-0.1, -0.05) is 71.0 Å². The second kappa shape index (κ2) is 24.3. The largest absolute Gasteiger partial charge is 0.457 e. The molecule has 19 heteroatoms. The first-order valence-corrected chi connectivity index (χ1v) is 23.7. The molecule has 19 nitrogen and oxygen atoms in total. The summed E-state index contributed by atoms with van der Waals surface area (Å²) in [5.41, 5.74) is 5.19. The molecule has 1 unspecified atom stereocenters. The maximum Gasteiger partial charge on any atom is 0.410 e. The van der Waals surface area contributed by atoms with Gasteiger partial charge in [0.25, 0.3) is 6.47 Å². The van der Waals surface area contributed by atoms with E-state index in [0.717, 1.165) is 11.1 Å². The van der Waals surface area contributed by atoms with Crippen molar-refractivity contribution in [1.29, 1.82) is 0 Å². The Kier molecular flexibility index (Phi) is 19.4. The van der Waals surface area contributed by atoms with Gasteiger partial charge in [0.05, 0.1) is 25.4 Å². The Morgan fingerprint density at radius 3 is 2.29 bits per heavy atom. The average Bonchev–Trinajstić information content (AvgIpc) is 3.32. The Labute approximate surface area is 400 Å². The molecule has 378 valence electrons. The monoisotopic (exact) mass is 955 g/mol. The van der Waals surface area contributed by atoms with Gasteiger partial charge in [-0.05, 0) is 65.8 Å². The van der Waals surface area contributed by atoms with Crippen LogP contribution in [0.1, 0.15) is 80.2 Å². The van der Waals surface area contributed by atoms with Crippen molar-refractivity contribution < 1.29 is 62.5 Å². The molecule has 0 radical (unpaired) electrons. The number of Topliss-reactive ketones (excluding diaryl/α,β-unsaturated/α-hetero) is 1. The van der Waals surface area contributed by atoms with Gasteiger partial charge in [-0.15, -0.1) is 0 Å². The van der Waals surface area contributed by atoms with Gasteiger partial charge in [-0.3, -0.25) is 9.59 Å². The molecule has 1 aromatic carbocycles. The molecule has 5 rings (SSSR count). The summed E-state index contributed by atoms with van der Waals surface area (Å²) < 4.78 is 43.5. The molecule has 68 heavy (non-hydrogen) atoms. The second-order valence-corrected chi connectivity index (χ2v) is 19.1. The van der Waals surface area contributed by atoms with Gasteiger partial charge in [0.1, 0.15) is 35.8 Å². The maximum atomic E-state index is 14.6. The number of carbonyl (C=O) groups excluding carboxylic acids is 4. The molecule has 3 saturated heterocycles. The Hall–Kier alpha value is -4.60. The van der Waals surface area contributed by atoms with Crippen LogP contribution in [0.2, 0.25) is 0 Å². The van der Waals surface area contributed by atoms with Crippen LogP contribution in [0.3, 0.4) is 0 Å². The van der Waals surface area contributed by atoms with Crippen LogP contribution in [0.4, 0.5) is 9.59 Å². The fraction of sp³-hybridized carbons (Fsp3) is 0.673. The third-order valence-corrected chi connectivity index (χ3v) is 13.8. The number of carbonyl (C=O) groups is 4. The van der Waals surface area contributed by atoms with Crippen molar-refractivity contribution in [3.05, 3.63) is 54.4 Å². The predicted octanol–water partition coefficient (Wildman–Crippen LogP) is 4.18. The minimum absolute atomic E-state index is 0.0423. The van der Waals surface area contributed by atoms with E-state index in [0.29, 0.717) is 12.2 Å². The number of nitrogens with two attached hydrogens (primary N) is 1. The number of hydrogen-bond acceptors (Lipinski definition) is 17. The molecule has 2 aromatic rings. The molecule has 4 heterocycles. The normalized spacial score (nSPS) is 35.6. The van der Waals surface area contributed by atoms with E-state index in [1.54, 1.807) is 73.0 Å². The molecule has 1 aromatic heterocycles. The highest BCUT2D eigenvalue weighted by Gasteiger charge is 2.54. The van der Waals surface area contributed by atoms with Crippen LogP contribution in [0.5, 0.6) is 0 Å². The zero-order valence-corrected chi connectivity index (χ0v) is 41.2. The SMILES string of the molecule is CC[C@H]1OC(O)[C@H](C)[C@@H](OC(=O)N2CCOCC2)[C@H](C)[C@@H](O[C@@H]2O[C@H](C)C[C@H](N(C)C)[C@H]2O)[C@](C)(OC(=O)NC/C=C/c2ccc(-c3ncccn3)cc2)C[C@@H](C)C(=O)[C@H](C)[C@@H](N)[C@]1(C)OC=O. The minimum Gasteiger partial charge on any atom is -0.457 e. The number of hydrogen-bond donors (Lipinski definition) is 4. The number of benzene rings is 1. The Morgan fingerprint density at radius 2 is 1.68 bits per heavy atom. The predicted molar refractivity (Wildman–Crippen MR) is 250 cm³/mol. The summed E-state index contributed by atoms with van der Waals surface area (Å²) in [5, 5.41) is 26.7. The maximum absolute atomic E-state index is 14.6. The highest BCUT2D eigenvalue weighted by Crippen LogP contribution is 2.41. The highest BCUT2D eigenvalue weighted by molar-refractivity contribution is 5.84. The van der Waals surface area contributed by atoms with E-state index < -0.39 is 96.1 Å². The summed E-state index contributed by atoms with van der Waals surface area (Å²) in [6, 6.07) is 7.80. The number of morpholine rings is 1. The van der Waals surface area contributed by atoms with E-state index in [9.17, 15) is 29.4 Å². The van der Waals surface area contributed by atoms with Gasteiger partial charge >= 0.3 is 12.2 Å². The molecule has 15 atom stereocenters. The van der Waals surface area contributed by atoms with E-state index in [2.05, 4.69) is 15.3 Å². The topological polar surface area (TPSA) is 244 Å². The summed E-state index contributed by atoms with van der Waals surface area (Å²) in [6.07, 6.45) is -2.23. The van der Waals surface area contributed by atoms with E-state index in [-0.39, 0.29) is 64.0 Å². The van der Waals surface area contributed by atoms with Crippen LogP contribution in [0.15, 0.2) is 48.8 Å². The Balaban J connectivity index is 1.58. The highest BCUT2D eigenvalue weighted by atomic mass is 16.7. The first kappa shape index (κ1) is 54.3. The number of aromatic nitrogens is 2. The van der Waals surface area contributed by atoms with Crippen LogP contribution in [0, 0.1) is 23.7 Å². The molecule has 0 bridgehead atoms. The summed E-state index contributed by atoms with van der Waals surface area (Å²) in [7, 11) is 3.68. The van der Waals surface area contributed by atoms with Crippen molar-refractivity contribution >= 4 is 30.5 Å². The van der Waals surface area contributed by atoms with E-state index in [4.69, 9.17) is 38.9 Å². The molecule has 2 amide bonds. The fourth-order valence-corrected chi connectivity index (χ4v) is 9.81. The molecule has 0 saturated carbocycles. The van der Waals surface area contributed by atoms with Gasteiger partial charge in [0.2, 0.25) is 0 Å². The van der Waals surface area contributed by atoms with E-state index in [1.807, 2.05) is 56.3 Å². The number of rotatable bonds is 12. The lowest BCUT2D eigenvalue weighted by atomic mass is 9.73. The number of alkyl carbamates (subject to hydrolysis) is 1. The van der Waals surface area contributed by atoms with Crippen molar-refractivity contribution in [3.8, 4) is 11.4 Å². The van der Waals surface area contributed by atoms with Gasteiger partial charge in [0.15, 0.2) is 24.0 Å². The number of ether oxygens (including phenoxy) is 7. The standard InChI is InChI=1S/C49H74N6O13/c1-11-37-49(8,63-28-56)41(50)31(4)38(57)29(2)27-48(7,68-46(60)53-19-12-14-34-15-17-35(18-16-34)43-51-20-13-21-52-43)42(67-45-39(58)36(54(9)10)26-30(3)64-45)32(5)40(33(6)44(59)65-37)66-47(61)55-22-24-62-25-23-55/h12-18,20-21,28-33,36-37,39-42,44-45,58-59H,11,19,22-27,50H2,1-10H3,(H,53,60)/b14-12+/t29-,30-,31+,32+,33-,36+,37-,39-,40+,41-,42-,44?,45+,48-,49-/m1/s1. The van der Waals surface area contributed by atoms with Gasteiger partial charge < -0.3 is 64.2 Å². The fourth-order valence-electron chi connectivity index (χ4n) is 9.81. The second-order valence-electron chi connectivity index (χ2n) is 19.1. The Morgan fingerprint density at radius 1 is 1.01 bits per heavy atom. The summed E-state index contributed by atoms with van der Waals surface area (Å²) in [4.78, 5) is 66.9. The van der Waals surface area contributed by atoms with Crippen molar-refractivity contribution in [1.82, 2.24) is 25.1 Å². The summed E-state index contributed by atoms with van der Waals surface area (Å²) in [5.74, 6) is -3.61. The van der Waals surface area contributed by atoms with Crippen molar-refractivity contribution in [3.63, 3.8) is 0 Å². The van der Waals surface area contributed by atoms with E-state index >= 15 is 0 Å². The van der Waals surface area contributed by atoms with Gasteiger partial charge in [-0.25, -0.2) is 19.6 Å². The molecule has 3 aliphatic heterocycles. The number of aliphatic hydroxyl groups is 2. The van der Waals surface area contributed by atoms with E-state index in [1.165, 1.54) is 4.90 Å². The zero-order valence-electron chi connectivity index (χ0n) is 41.2. The number of likely N-dealkylation sites (N-methyl/N-ethyl adjacent to an activating group) is 1. The van der Waals surface area contributed by atoms with Crippen LogP contribution < -0.4 is 11.1 Å². The first-order valence-electron chi connectivity index (χ1n) is 23.7. The van der Waals surface area contributed by atoms with Crippen molar-refractivity contribution in [2.24, 2.45) is 29.4 Å². The molecular weight excluding hydrogens is 881 g/mol. The minimum atomic E-state index is -1.76. The quantitative estimate of drug-likeness (QED) is 0.172. The van der Waals surface area contributed by atoms with Gasteiger partial charge in [-0.2, -0.15) is 0 Å². The molecule has 3 aliphatic rings. The number of ketones is 1. The summed E-state index contributed by atoms with van der Waals surface area (Å²) in [6.45, 7) is 14.8. The molecule has 3 fully saturated rings. The average molecular weight is 955 g/mol. The van der Waals surface area contributed by atoms with Crippen molar-refractivity contribution in [2.75, 3.05) is 46.9 Å². The van der Waals surface area contributed by atoms with Crippen LogP contribution in [-0.2, 0) is 42.7 Å². The summed E-state index contributed by atoms with van der Waals surface area (Å²) >= 11 is 0. The molecular formula is C49H74N6O13. The molecule has 5 N–H and O–H groups in total. The third kappa shape index (κ3) is 13.2. The lowest BCUT2D eigenvalue weighted by Crippen LogP contribution is -2.63. The lowest BCUT2D eigenvalue weighted by Gasteiger charge is -2.49. The zero-order chi connectivity index (χ0) is 49.9. The lowest BCUT2D eigenvalue weighted by molar-refractivity contribution is -0.301. The molecule has 0 aliphatic carbocycles. The smallest absolute Gasteiger partial charge is 0.410 e. The number of nitrogens with zero attached hydrogens (tertiary/aromatic N) is 4. The van der Waals surface area contributed by atoms with Crippen LogP contribution >= 0.6 is 0 Å². The van der Waals surface area contributed by atoms with Gasteiger partial charge in [0, 0.05) is 67.3 Å².